The van der Waals surface area contributed by atoms with Crippen LogP contribution in [-0.2, 0) is 6.54 Å². The number of benzene rings is 1. The van der Waals surface area contributed by atoms with Crippen molar-refractivity contribution in [2.45, 2.75) is 33.2 Å². The molecule has 1 aromatic heterocycles. The molecular formula is C14H16BrNO2. The van der Waals surface area contributed by atoms with Crippen LogP contribution >= 0.6 is 15.9 Å². The summed E-state index contributed by atoms with van der Waals surface area (Å²) in [4.78, 5) is 11.7. The Morgan fingerprint density at radius 3 is 2.78 bits per heavy atom. The third kappa shape index (κ3) is 2.17. The van der Waals surface area contributed by atoms with E-state index >= 15 is 0 Å². The van der Waals surface area contributed by atoms with Gasteiger partial charge in [0.1, 0.15) is 0 Å². The fourth-order valence-electron chi connectivity index (χ4n) is 2.20. The number of hydrogen-bond acceptors (Lipinski definition) is 2. The standard InChI is InChI=1S/C14H16BrNO2/c1-3-4-7-16-12-6-5-10(15)8-11(12)13(9(2)17)14(16)18/h5-6,8,18H,3-4,7H2,1-2H3. The van der Waals surface area contributed by atoms with Gasteiger partial charge in [-0.2, -0.15) is 0 Å². The lowest BCUT2D eigenvalue weighted by molar-refractivity contribution is 0.101. The quantitative estimate of drug-likeness (QED) is 0.863. The van der Waals surface area contributed by atoms with Crippen LogP contribution in [0, 0.1) is 0 Å². The van der Waals surface area contributed by atoms with E-state index in [9.17, 15) is 9.90 Å². The highest BCUT2D eigenvalue weighted by molar-refractivity contribution is 9.10. The Kier molecular flexibility index (Phi) is 3.76. The van der Waals surface area contributed by atoms with Crippen LogP contribution in [0.15, 0.2) is 22.7 Å². The van der Waals surface area contributed by atoms with E-state index in [2.05, 4.69) is 22.9 Å². The van der Waals surface area contributed by atoms with Gasteiger partial charge in [0.15, 0.2) is 5.78 Å². The van der Waals surface area contributed by atoms with E-state index in [0.29, 0.717) is 5.56 Å². The van der Waals surface area contributed by atoms with Crippen molar-refractivity contribution in [1.29, 1.82) is 0 Å². The molecule has 96 valence electrons. The molecule has 1 heterocycles. The first-order chi connectivity index (χ1) is 8.56. The van der Waals surface area contributed by atoms with Gasteiger partial charge >= 0.3 is 0 Å². The molecule has 0 amide bonds. The maximum absolute atomic E-state index is 11.7. The van der Waals surface area contributed by atoms with E-state index in [1.807, 2.05) is 22.8 Å². The van der Waals surface area contributed by atoms with Crippen LogP contribution in [0.4, 0.5) is 0 Å². The molecule has 0 fully saturated rings. The Labute approximate surface area is 115 Å². The lowest BCUT2D eigenvalue weighted by Crippen LogP contribution is -1.97. The molecule has 2 aromatic rings. The number of rotatable bonds is 4. The van der Waals surface area contributed by atoms with Crippen LogP contribution in [0.1, 0.15) is 37.0 Å². The third-order valence-corrected chi connectivity index (χ3v) is 3.58. The number of ketones is 1. The lowest BCUT2D eigenvalue weighted by atomic mass is 10.1. The van der Waals surface area contributed by atoms with Crippen molar-refractivity contribution in [3.05, 3.63) is 28.2 Å². The van der Waals surface area contributed by atoms with Crippen molar-refractivity contribution in [2.75, 3.05) is 0 Å². The molecule has 3 nitrogen and oxygen atoms in total. The molecule has 0 unspecified atom stereocenters. The monoisotopic (exact) mass is 309 g/mol. The molecule has 0 spiro atoms. The largest absolute Gasteiger partial charge is 0.494 e. The average Bonchev–Trinajstić information content (AvgIpc) is 2.58. The first-order valence-electron chi connectivity index (χ1n) is 6.08. The highest BCUT2D eigenvalue weighted by atomic mass is 79.9. The van der Waals surface area contributed by atoms with Gasteiger partial charge in [0.05, 0.1) is 11.1 Å². The second-order valence-electron chi connectivity index (χ2n) is 4.42. The van der Waals surface area contributed by atoms with Crippen LogP contribution in [0.3, 0.4) is 0 Å². The van der Waals surface area contributed by atoms with E-state index in [0.717, 1.165) is 34.8 Å². The van der Waals surface area contributed by atoms with E-state index in [1.54, 1.807) is 0 Å². The first kappa shape index (κ1) is 13.1. The Balaban J connectivity index is 2.70. The lowest BCUT2D eigenvalue weighted by Gasteiger charge is -2.05. The Hall–Kier alpha value is -1.29. The summed E-state index contributed by atoms with van der Waals surface area (Å²) in [6, 6.07) is 5.74. The zero-order valence-electron chi connectivity index (χ0n) is 10.5. The van der Waals surface area contributed by atoms with Crippen molar-refractivity contribution < 1.29 is 9.90 Å². The fourth-order valence-corrected chi connectivity index (χ4v) is 2.56. The summed E-state index contributed by atoms with van der Waals surface area (Å²) in [6.07, 6.45) is 2.02. The number of carbonyl (C=O) groups excluding carboxylic acids is 1. The minimum absolute atomic E-state index is 0.0871. The molecule has 18 heavy (non-hydrogen) atoms. The zero-order valence-corrected chi connectivity index (χ0v) is 12.1. The summed E-state index contributed by atoms with van der Waals surface area (Å²) in [6.45, 7) is 4.32. The van der Waals surface area contributed by atoms with Crippen molar-refractivity contribution in [2.24, 2.45) is 0 Å². The first-order valence-corrected chi connectivity index (χ1v) is 6.87. The fraction of sp³-hybridized carbons (Fsp3) is 0.357. The van der Waals surface area contributed by atoms with Crippen molar-refractivity contribution >= 4 is 32.6 Å². The van der Waals surface area contributed by atoms with Gasteiger partial charge in [0.25, 0.3) is 0 Å². The minimum Gasteiger partial charge on any atom is -0.494 e. The van der Waals surface area contributed by atoms with E-state index in [-0.39, 0.29) is 11.7 Å². The normalized spacial score (nSPS) is 11.1. The molecule has 0 radical (unpaired) electrons. The van der Waals surface area contributed by atoms with Crippen LogP contribution in [-0.4, -0.2) is 15.5 Å². The number of nitrogens with zero attached hydrogens (tertiary/aromatic N) is 1. The van der Waals surface area contributed by atoms with Crippen molar-refractivity contribution in [3.63, 3.8) is 0 Å². The molecule has 2 rings (SSSR count). The van der Waals surface area contributed by atoms with Gasteiger partial charge in [0, 0.05) is 16.4 Å². The molecule has 4 heteroatoms. The highest BCUT2D eigenvalue weighted by Crippen LogP contribution is 2.33. The van der Waals surface area contributed by atoms with Crippen LogP contribution in [0.25, 0.3) is 10.9 Å². The summed E-state index contributed by atoms with van der Waals surface area (Å²) < 4.78 is 2.73. The summed E-state index contributed by atoms with van der Waals surface area (Å²) in [5.41, 5.74) is 1.33. The van der Waals surface area contributed by atoms with E-state index in [1.165, 1.54) is 6.92 Å². The predicted molar refractivity (Wildman–Crippen MR) is 76.2 cm³/mol. The Morgan fingerprint density at radius 2 is 2.17 bits per heavy atom. The maximum Gasteiger partial charge on any atom is 0.203 e. The number of hydrogen-bond donors (Lipinski definition) is 1. The topological polar surface area (TPSA) is 42.2 Å². The third-order valence-electron chi connectivity index (χ3n) is 3.09. The minimum atomic E-state index is -0.106. The van der Waals surface area contributed by atoms with E-state index < -0.39 is 0 Å². The molecule has 0 aliphatic rings. The van der Waals surface area contributed by atoms with Gasteiger partial charge in [-0.15, -0.1) is 0 Å². The van der Waals surface area contributed by atoms with Gasteiger partial charge in [-0.25, -0.2) is 0 Å². The smallest absolute Gasteiger partial charge is 0.203 e. The average molecular weight is 310 g/mol. The van der Waals surface area contributed by atoms with Crippen molar-refractivity contribution in [1.82, 2.24) is 4.57 Å². The van der Waals surface area contributed by atoms with Gasteiger partial charge in [-0.3, -0.25) is 4.79 Å². The highest BCUT2D eigenvalue weighted by Gasteiger charge is 2.19. The summed E-state index contributed by atoms with van der Waals surface area (Å²) in [5.74, 6) is -0.0186. The molecule has 0 saturated heterocycles. The number of fused-ring (bicyclic) bond motifs is 1. The van der Waals surface area contributed by atoms with Gasteiger partial charge in [-0.1, -0.05) is 29.3 Å². The van der Waals surface area contributed by atoms with Gasteiger partial charge in [-0.05, 0) is 31.5 Å². The number of aromatic nitrogens is 1. The number of aromatic hydroxyl groups is 1. The second-order valence-corrected chi connectivity index (χ2v) is 5.34. The number of aryl methyl sites for hydroxylation is 1. The molecule has 0 aliphatic heterocycles. The van der Waals surface area contributed by atoms with E-state index in [4.69, 9.17) is 0 Å². The molecular weight excluding hydrogens is 294 g/mol. The number of halogens is 1. The number of Topliss-reactive ketones (excluding diaryl/α,β-unsaturated/α-hetero) is 1. The molecule has 1 aromatic carbocycles. The summed E-state index contributed by atoms with van der Waals surface area (Å²) >= 11 is 3.40. The molecule has 0 bridgehead atoms. The van der Waals surface area contributed by atoms with Crippen LogP contribution < -0.4 is 0 Å². The molecule has 1 N–H and O–H groups in total. The summed E-state index contributed by atoms with van der Waals surface area (Å²) in [5, 5.41) is 11.0. The SMILES string of the molecule is CCCCn1c(O)c(C(C)=O)c2cc(Br)ccc21. The molecule has 0 aliphatic carbocycles. The maximum atomic E-state index is 11.7. The second kappa shape index (κ2) is 5.14. The van der Waals surface area contributed by atoms with Gasteiger partial charge in [0.2, 0.25) is 5.88 Å². The van der Waals surface area contributed by atoms with Crippen LogP contribution in [0.2, 0.25) is 0 Å². The van der Waals surface area contributed by atoms with Crippen LogP contribution in [0.5, 0.6) is 5.88 Å². The Morgan fingerprint density at radius 1 is 1.44 bits per heavy atom. The molecule has 0 atom stereocenters. The molecule has 0 saturated carbocycles. The van der Waals surface area contributed by atoms with Crippen molar-refractivity contribution in [3.8, 4) is 5.88 Å². The predicted octanol–water partition coefficient (Wildman–Crippen LogP) is 4.11. The number of carbonyl (C=O) groups is 1. The number of unbranched alkanes of at least 4 members (excludes halogenated alkanes) is 1. The van der Waals surface area contributed by atoms with Gasteiger partial charge < -0.3 is 9.67 Å². The Bertz CT molecular complexity index is 601. The zero-order chi connectivity index (χ0) is 13.3. The summed E-state index contributed by atoms with van der Waals surface area (Å²) in [7, 11) is 0.